The molecule has 0 unspecified atom stereocenters. The van der Waals surface area contributed by atoms with E-state index in [1.807, 2.05) is 67.6 Å². The van der Waals surface area contributed by atoms with Gasteiger partial charge in [-0.05, 0) is 36.8 Å². The molecular weight excluding hydrogens is 378 g/mol. The lowest BCUT2D eigenvalue weighted by molar-refractivity contribution is 0.102. The molecule has 4 aromatic rings. The van der Waals surface area contributed by atoms with Crippen molar-refractivity contribution >= 4 is 22.6 Å². The average molecular weight is 399 g/mol. The Kier molecular flexibility index (Phi) is 5.30. The Balaban J connectivity index is 1.89. The van der Waals surface area contributed by atoms with E-state index in [0.29, 0.717) is 23.3 Å². The number of carbonyl (C=O) groups excluding carboxylic acids is 1. The van der Waals surface area contributed by atoms with Gasteiger partial charge >= 0.3 is 0 Å². The summed E-state index contributed by atoms with van der Waals surface area (Å²) in [5, 5.41) is 3.42. The fraction of sp³-hybridized carbons (Fsp3) is 0.125. The van der Waals surface area contributed by atoms with Crippen LogP contribution < -0.4 is 15.6 Å². The van der Waals surface area contributed by atoms with E-state index in [1.54, 1.807) is 16.7 Å². The molecule has 1 N–H and O–H groups in total. The van der Waals surface area contributed by atoms with E-state index in [1.165, 1.54) is 7.11 Å². The molecule has 0 radical (unpaired) electrons. The molecule has 2 heterocycles. The Morgan fingerprint density at radius 2 is 1.73 bits per heavy atom. The fourth-order valence-corrected chi connectivity index (χ4v) is 3.50. The number of benzene rings is 2. The molecular formula is C24H21N3O3. The number of anilines is 1. The number of methoxy groups -OCH3 is 1. The Morgan fingerprint density at radius 3 is 2.47 bits per heavy atom. The monoisotopic (exact) mass is 399 g/mol. The minimum absolute atomic E-state index is 0.0459. The van der Waals surface area contributed by atoms with Crippen LogP contribution in [0, 0.1) is 6.92 Å². The number of amides is 1. The molecule has 150 valence electrons. The number of nitrogens with one attached hydrogen (secondary N) is 1. The van der Waals surface area contributed by atoms with E-state index in [2.05, 4.69) is 10.3 Å². The molecule has 0 atom stereocenters. The van der Waals surface area contributed by atoms with Gasteiger partial charge in [0.1, 0.15) is 17.1 Å². The van der Waals surface area contributed by atoms with Crippen LogP contribution in [0.1, 0.15) is 21.6 Å². The van der Waals surface area contributed by atoms with Crippen molar-refractivity contribution < 1.29 is 9.53 Å². The number of fused-ring (bicyclic) bond motifs is 1. The van der Waals surface area contributed by atoms with Crippen molar-refractivity contribution in [2.45, 2.75) is 13.5 Å². The number of ether oxygens (including phenoxy) is 1. The third kappa shape index (κ3) is 3.67. The van der Waals surface area contributed by atoms with Gasteiger partial charge in [-0.15, -0.1) is 0 Å². The summed E-state index contributed by atoms with van der Waals surface area (Å²) in [6.45, 7) is 2.17. The molecule has 2 aromatic carbocycles. The number of pyridine rings is 2. The molecule has 0 aliphatic heterocycles. The van der Waals surface area contributed by atoms with Gasteiger partial charge in [0.15, 0.2) is 0 Å². The van der Waals surface area contributed by atoms with Gasteiger partial charge < -0.3 is 14.6 Å². The first kappa shape index (κ1) is 19.4. The lowest BCUT2D eigenvalue weighted by Gasteiger charge is -2.17. The minimum Gasteiger partial charge on any atom is -0.495 e. The van der Waals surface area contributed by atoms with Crippen LogP contribution in [0.2, 0.25) is 0 Å². The number of para-hydroxylation sites is 1. The second kappa shape index (κ2) is 8.21. The van der Waals surface area contributed by atoms with Crippen molar-refractivity contribution in [1.82, 2.24) is 9.55 Å². The minimum atomic E-state index is -0.553. The Hall–Kier alpha value is -3.93. The highest BCUT2D eigenvalue weighted by atomic mass is 16.5. The van der Waals surface area contributed by atoms with Gasteiger partial charge in [0.05, 0.1) is 19.2 Å². The van der Waals surface area contributed by atoms with Crippen molar-refractivity contribution in [1.29, 1.82) is 0 Å². The lowest BCUT2D eigenvalue weighted by Crippen LogP contribution is -2.31. The molecule has 0 aliphatic rings. The molecule has 0 fully saturated rings. The van der Waals surface area contributed by atoms with Gasteiger partial charge in [-0.2, -0.15) is 0 Å². The molecule has 6 heteroatoms. The number of aromatic nitrogens is 2. The van der Waals surface area contributed by atoms with Crippen LogP contribution in [-0.2, 0) is 6.54 Å². The molecule has 0 aliphatic carbocycles. The first-order valence-electron chi connectivity index (χ1n) is 9.57. The van der Waals surface area contributed by atoms with Crippen LogP contribution in [-0.4, -0.2) is 22.6 Å². The maximum atomic E-state index is 13.5. The molecule has 2 aromatic heterocycles. The van der Waals surface area contributed by atoms with Gasteiger partial charge in [0, 0.05) is 11.1 Å². The fourth-order valence-electron chi connectivity index (χ4n) is 3.50. The largest absolute Gasteiger partial charge is 0.495 e. The average Bonchev–Trinajstić information content (AvgIpc) is 2.76. The van der Waals surface area contributed by atoms with E-state index in [0.717, 1.165) is 11.3 Å². The number of hydrogen-bond acceptors (Lipinski definition) is 4. The number of rotatable bonds is 5. The summed E-state index contributed by atoms with van der Waals surface area (Å²) in [6, 6.07) is 22.4. The summed E-state index contributed by atoms with van der Waals surface area (Å²) < 4.78 is 7.14. The van der Waals surface area contributed by atoms with Crippen molar-refractivity contribution in [3.63, 3.8) is 0 Å². The summed E-state index contributed by atoms with van der Waals surface area (Å²) >= 11 is 0. The van der Waals surface area contributed by atoms with Crippen LogP contribution in [0.4, 0.5) is 5.82 Å². The predicted octanol–water partition coefficient (Wildman–Crippen LogP) is 4.01. The summed E-state index contributed by atoms with van der Waals surface area (Å²) in [6.07, 6.45) is 0. The van der Waals surface area contributed by atoms with Crippen molar-refractivity contribution in [2.75, 3.05) is 12.4 Å². The zero-order chi connectivity index (χ0) is 21.1. The first-order valence-corrected chi connectivity index (χ1v) is 9.57. The van der Waals surface area contributed by atoms with E-state index in [-0.39, 0.29) is 11.3 Å². The van der Waals surface area contributed by atoms with Crippen molar-refractivity contribution in [3.8, 4) is 5.75 Å². The van der Waals surface area contributed by atoms with Crippen LogP contribution >= 0.6 is 0 Å². The molecule has 1 amide bonds. The second-order valence-corrected chi connectivity index (χ2v) is 6.92. The molecule has 0 bridgehead atoms. The zero-order valence-electron chi connectivity index (χ0n) is 16.8. The van der Waals surface area contributed by atoms with E-state index in [4.69, 9.17) is 4.74 Å². The van der Waals surface area contributed by atoms with Crippen molar-refractivity contribution in [2.24, 2.45) is 0 Å². The van der Waals surface area contributed by atoms with Crippen LogP contribution in [0.5, 0.6) is 5.75 Å². The molecule has 6 nitrogen and oxygen atoms in total. The highest BCUT2D eigenvalue weighted by molar-refractivity contribution is 6.08. The number of carbonyl (C=O) groups is 1. The Morgan fingerprint density at radius 1 is 1.00 bits per heavy atom. The normalized spacial score (nSPS) is 10.7. The third-order valence-electron chi connectivity index (χ3n) is 4.87. The summed E-state index contributed by atoms with van der Waals surface area (Å²) in [5.74, 6) is 0.0804. The van der Waals surface area contributed by atoms with Crippen molar-refractivity contribution in [3.05, 3.63) is 100.0 Å². The maximum absolute atomic E-state index is 13.5. The van der Waals surface area contributed by atoms with Crippen LogP contribution in [0.25, 0.3) is 10.9 Å². The predicted molar refractivity (Wildman–Crippen MR) is 117 cm³/mol. The Labute approximate surface area is 173 Å². The smallest absolute Gasteiger partial charge is 0.268 e. The lowest BCUT2D eigenvalue weighted by atomic mass is 10.1. The first-order chi connectivity index (χ1) is 14.6. The van der Waals surface area contributed by atoms with E-state index < -0.39 is 11.5 Å². The second-order valence-electron chi connectivity index (χ2n) is 6.92. The maximum Gasteiger partial charge on any atom is 0.268 e. The third-order valence-corrected chi connectivity index (χ3v) is 4.87. The Bertz CT molecular complexity index is 1280. The van der Waals surface area contributed by atoms with Gasteiger partial charge in [-0.25, -0.2) is 4.98 Å². The highest BCUT2D eigenvalue weighted by Crippen LogP contribution is 2.28. The summed E-state index contributed by atoms with van der Waals surface area (Å²) in [7, 11) is 1.46. The summed E-state index contributed by atoms with van der Waals surface area (Å²) in [5.41, 5.74) is 1.96. The van der Waals surface area contributed by atoms with Crippen LogP contribution in [0.3, 0.4) is 0 Å². The van der Waals surface area contributed by atoms with Gasteiger partial charge in [-0.1, -0.05) is 48.5 Å². The molecule has 0 saturated carbocycles. The van der Waals surface area contributed by atoms with Crippen LogP contribution in [0.15, 0.2) is 77.6 Å². The zero-order valence-corrected chi connectivity index (χ0v) is 16.8. The topological polar surface area (TPSA) is 73.2 Å². The summed E-state index contributed by atoms with van der Waals surface area (Å²) in [4.78, 5) is 30.9. The van der Waals surface area contributed by atoms with E-state index >= 15 is 0 Å². The SMILES string of the molecule is COc1c(C(=O)Nc2cccc(C)n2)c(=O)n(Cc2ccccc2)c2ccccc12. The van der Waals surface area contributed by atoms with E-state index in [9.17, 15) is 9.59 Å². The number of hydrogen-bond donors (Lipinski definition) is 1. The molecule has 0 spiro atoms. The quantitative estimate of drug-likeness (QED) is 0.550. The number of nitrogens with zero attached hydrogens (tertiary/aromatic N) is 2. The standard InChI is InChI=1S/C24H21N3O3/c1-16-9-8-14-20(25-16)26-23(28)21-22(30-2)18-12-6-7-13-19(18)27(24(21)29)15-17-10-4-3-5-11-17/h3-14H,15H2,1-2H3,(H,25,26,28). The molecule has 30 heavy (non-hydrogen) atoms. The highest BCUT2D eigenvalue weighted by Gasteiger charge is 2.23. The number of aryl methyl sites for hydroxylation is 1. The van der Waals surface area contributed by atoms with Gasteiger partial charge in [0.2, 0.25) is 0 Å². The molecule has 0 saturated heterocycles. The van der Waals surface area contributed by atoms with Gasteiger partial charge in [0.25, 0.3) is 11.5 Å². The van der Waals surface area contributed by atoms with Gasteiger partial charge in [-0.3, -0.25) is 9.59 Å². The molecule has 4 rings (SSSR count).